The highest BCUT2D eigenvalue weighted by atomic mass is 35.5. The van der Waals surface area contributed by atoms with Crippen LogP contribution in [0.5, 0.6) is 0 Å². The highest BCUT2D eigenvalue weighted by molar-refractivity contribution is 7.90. The molecule has 10 heteroatoms. The monoisotopic (exact) mass is 336 g/mol. The van der Waals surface area contributed by atoms with Crippen LogP contribution in [0.3, 0.4) is 0 Å². The molecule has 0 saturated carbocycles. The fraction of sp³-hybridized carbons (Fsp3) is 0.364. The number of sulfonamides is 1. The second-order valence-electron chi connectivity index (χ2n) is 4.17. The van der Waals surface area contributed by atoms with E-state index in [9.17, 15) is 23.3 Å². The van der Waals surface area contributed by atoms with Gasteiger partial charge in [0.15, 0.2) is 0 Å². The molecule has 0 spiro atoms. The topological polar surface area (TPSA) is 116 Å². The normalized spacial score (nSPS) is 12.8. The highest BCUT2D eigenvalue weighted by Crippen LogP contribution is 2.29. The predicted molar refractivity (Wildman–Crippen MR) is 74.6 cm³/mol. The number of ether oxygens (including phenoxy) is 1. The van der Waals surface area contributed by atoms with Gasteiger partial charge in [0.25, 0.3) is 21.6 Å². The average Bonchev–Trinajstić information content (AvgIpc) is 2.38. The molecular formula is C11H13ClN2O6S. The van der Waals surface area contributed by atoms with Gasteiger partial charge in [-0.05, 0) is 25.5 Å². The van der Waals surface area contributed by atoms with Crippen molar-refractivity contribution in [2.75, 3.05) is 7.11 Å². The smallest absolute Gasteiger partial charge is 0.288 e. The number of amides is 1. The van der Waals surface area contributed by atoms with Crippen LogP contribution in [0.15, 0.2) is 17.0 Å². The van der Waals surface area contributed by atoms with Gasteiger partial charge in [-0.15, -0.1) is 0 Å². The van der Waals surface area contributed by atoms with Gasteiger partial charge < -0.3 is 4.74 Å². The second kappa shape index (κ2) is 6.37. The minimum absolute atomic E-state index is 0.0940. The van der Waals surface area contributed by atoms with Gasteiger partial charge in [0.2, 0.25) is 0 Å². The molecule has 0 saturated heterocycles. The van der Waals surface area contributed by atoms with E-state index in [4.69, 9.17) is 16.3 Å². The summed E-state index contributed by atoms with van der Waals surface area (Å²) in [6.45, 7) is 2.74. The van der Waals surface area contributed by atoms with Crippen molar-refractivity contribution in [1.82, 2.24) is 4.72 Å². The van der Waals surface area contributed by atoms with Crippen molar-refractivity contribution in [1.29, 1.82) is 0 Å². The fourth-order valence-corrected chi connectivity index (χ4v) is 3.05. The first-order valence-corrected chi connectivity index (χ1v) is 7.50. The number of carbonyl (C=O) groups excluding carboxylic acids is 1. The maximum atomic E-state index is 12.1. The molecule has 1 amide bonds. The molecule has 0 aromatic heterocycles. The van der Waals surface area contributed by atoms with E-state index >= 15 is 0 Å². The molecule has 116 valence electrons. The Balaban J connectivity index is 3.24. The zero-order valence-electron chi connectivity index (χ0n) is 11.4. The second-order valence-corrected chi connectivity index (χ2v) is 6.23. The molecular weight excluding hydrogens is 324 g/mol. The Bertz CT molecular complexity index is 688. The number of halogens is 1. The van der Waals surface area contributed by atoms with Gasteiger partial charge in [0.05, 0.1) is 9.82 Å². The Hall–Kier alpha value is -1.71. The molecule has 8 nitrogen and oxygen atoms in total. The minimum atomic E-state index is -4.20. The predicted octanol–water partition coefficient (Wildman–Crippen LogP) is 1.40. The molecule has 0 heterocycles. The quantitative estimate of drug-likeness (QED) is 0.641. The Kier molecular flexibility index (Phi) is 5.26. The summed E-state index contributed by atoms with van der Waals surface area (Å²) in [6.07, 6.45) is -0.964. The Morgan fingerprint density at radius 2 is 2.05 bits per heavy atom. The summed E-state index contributed by atoms with van der Waals surface area (Å²) >= 11 is 5.69. The van der Waals surface area contributed by atoms with E-state index < -0.39 is 32.6 Å². The molecule has 1 N–H and O–H groups in total. The molecule has 0 bridgehead atoms. The number of carbonyl (C=O) groups is 1. The highest BCUT2D eigenvalue weighted by Gasteiger charge is 2.26. The molecule has 1 atom stereocenters. The zero-order valence-corrected chi connectivity index (χ0v) is 13.0. The summed E-state index contributed by atoms with van der Waals surface area (Å²) in [5.41, 5.74) is -0.318. The van der Waals surface area contributed by atoms with Crippen molar-refractivity contribution >= 4 is 33.2 Å². The average molecular weight is 337 g/mol. The Labute approximate surface area is 126 Å². The van der Waals surface area contributed by atoms with Crippen LogP contribution in [-0.2, 0) is 19.6 Å². The minimum Gasteiger partial charge on any atom is -0.372 e. The fourth-order valence-electron chi connectivity index (χ4n) is 1.45. The first-order chi connectivity index (χ1) is 9.60. The van der Waals surface area contributed by atoms with Gasteiger partial charge in [-0.3, -0.25) is 14.9 Å². The molecule has 1 unspecified atom stereocenters. The van der Waals surface area contributed by atoms with Crippen molar-refractivity contribution in [3.8, 4) is 0 Å². The summed E-state index contributed by atoms with van der Waals surface area (Å²) in [7, 11) is -2.94. The van der Waals surface area contributed by atoms with E-state index in [1.165, 1.54) is 21.0 Å². The van der Waals surface area contributed by atoms with Crippen LogP contribution in [0.4, 0.5) is 5.69 Å². The van der Waals surface area contributed by atoms with Gasteiger partial charge in [0.1, 0.15) is 11.1 Å². The standard InChI is InChI=1S/C11H13ClN2O6S/c1-6-4-9(14(16)17)8(12)5-10(6)21(18,19)13-11(15)7(2)20-3/h4-5,7H,1-3H3,(H,13,15). The molecule has 0 radical (unpaired) electrons. The third kappa shape index (κ3) is 3.90. The van der Waals surface area contributed by atoms with Crippen LogP contribution in [0.1, 0.15) is 12.5 Å². The summed E-state index contributed by atoms with van der Waals surface area (Å²) in [5, 5.41) is 10.4. The van der Waals surface area contributed by atoms with Gasteiger partial charge in [-0.1, -0.05) is 11.6 Å². The number of hydrogen-bond acceptors (Lipinski definition) is 6. The van der Waals surface area contributed by atoms with E-state index in [-0.39, 0.29) is 15.5 Å². The van der Waals surface area contributed by atoms with Crippen LogP contribution < -0.4 is 4.72 Å². The molecule has 1 aromatic carbocycles. The first-order valence-electron chi connectivity index (χ1n) is 5.64. The van der Waals surface area contributed by atoms with E-state index in [1.54, 1.807) is 0 Å². The number of nitro benzene ring substituents is 1. The summed E-state index contributed by atoms with van der Waals surface area (Å²) in [6, 6.07) is 1.96. The largest absolute Gasteiger partial charge is 0.372 e. The molecule has 0 aliphatic rings. The Morgan fingerprint density at radius 3 is 2.52 bits per heavy atom. The SMILES string of the molecule is COC(C)C(=O)NS(=O)(=O)c1cc(Cl)c([N+](=O)[O-])cc1C. The number of nitrogens with zero attached hydrogens (tertiary/aromatic N) is 1. The van der Waals surface area contributed by atoms with Gasteiger partial charge in [-0.2, -0.15) is 0 Å². The van der Waals surface area contributed by atoms with Crippen molar-refractivity contribution in [2.24, 2.45) is 0 Å². The van der Waals surface area contributed by atoms with Crippen molar-refractivity contribution in [2.45, 2.75) is 24.8 Å². The van der Waals surface area contributed by atoms with E-state index in [0.29, 0.717) is 0 Å². The maximum Gasteiger partial charge on any atom is 0.288 e. The van der Waals surface area contributed by atoms with E-state index in [1.807, 2.05) is 4.72 Å². The lowest BCUT2D eigenvalue weighted by atomic mass is 10.2. The van der Waals surface area contributed by atoms with Crippen LogP contribution in [-0.4, -0.2) is 32.5 Å². The lowest BCUT2D eigenvalue weighted by Gasteiger charge is -2.12. The molecule has 21 heavy (non-hydrogen) atoms. The summed E-state index contributed by atoms with van der Waals surface area (Å²) in [5.74, 6) is -0.855. The molecule has 1 rings (SSSR count). The third-order valence-electron chi connectivity index (χ3n) is 2.69. The number of aryl methyl sites for hydroxylation is 1. The van der Waals surface area contributed by atoms with E-state index in [0.717, 1.165) is 12.1 Å². The molecule has 1 aromatic rings. The van der Waals surface area contributed by atoms with Crippen LogP contribution in [0.25, 0.3) is 0 Å². The van der Waals surface area contributed by atoms with E-state index in [2.05, 4.69) is 0 Å². The third-order valence-corrected chi connectivity index (χ3v) is 4.48. The summed E-state index contributed by atoms with van der Waals surface area (Å²) < 4.78 is 30.7. The molecule has 0 aliphatic carbocycles. The van der Waals surface area contributed by atoms with Crippen LogP contribution in [0.2, 0.25) is 5.02 Å². The van der Waals surface area contributed by atoms with Crippen LogP contribution in [0, 0.1) is 17.0 Å². The number of nitro groups is 1. The first kappa shape index (κ1) is 17.3. The zero-order chi connectivity index (χ0) is 16.4. The number of hydrogen-bond donors (Lipinski definition) is 1. The van der Waals surface area contributed by atoms with Crippen molar-refractivity contribution in [3.63, 3.8) is 0 Å². The lowest BCUT2D eigenvalue weighted by molar-refractivity contribution is -0.384. The number of rotatable bonds is 5. The number of nitrogens with one attached hydrogen (secondary N) is 1. The Morgan fingerprint density at radius 1 is 1.48 bits per heavy atom. The van der Waals surface area contributed by atoms with Crippen molar-refractivity contribution in [3.05, 3.63) is 32.8 Å². The number of methoxy groups -OCH3 is 1. The van der Waals surface area contributed by atoms with Crippen LogP contribution >= 0.6 is 11.6 Å². The van der Waals surface area contributed by atoms with Gasteiger partial charge >= 0.3 is 0 Å². The molecule has 0 fully saturated rings. The van der Waals surface area contributed by atoms with Gasteiger partial charge in [0, 0.05) is 13.2 Å². The maximum absolute atomic E-state index is 12.1. The summed E-state index contributed by atoms with van der Waals surface area (Å²) in [4.78, 5) is 21.3. The van der Waals surface area contributed by atoms with Gasteiger partial charge in [-0.25, -0.2) is 13.1 Å². The van der Waals surface area contributed by atoms with Crippen molar-refractivity contribution < 1.29 is 22.9 Å². The number of benzene rings is 1. The molecule has 0 aliphatic heterocycles. The lowest BCUT2D eigenvalue weighted by Crippen LogP contribution is -2.38.